The van der Waals surface area contributed by atoms with Gasteiger partial charge in [0.05, 0.1) is 11.3 Å². The Hall–Kier alpha value is -4.08. The molecule has 164 valence electrons. The van der Waals surface area contributed by atoms with Gasteiger partial charge in [-0.1, -0.05) is 12.6 Å². The van der Waals surface area contributed by atoms with Gasteiger partial charge in [0, 0.05) is 31.9 Å². The molecular weight excluding hydrogens is 408 g/mol. The number of amides is 1. The minimum Gasteiger partial charge on any atom is -0.398 e. The van der Waals surface area contributed by atoms with Gasteiger partial charge in [-0.25, -0.2) is 15.0 Å². The summed E-state index contributed by atoms with van der Waals surface area (Å²) in [6.45, 7) is 9.37. The highest BCUT2D eigenvalue weighted by atomic mass is 16.2. The van der Waals surface area contributed by atoms with Crippen LogP contribution in [0.1, 0.15) is 17.0 Å². The average Bonchev–Trinajstić information content (AvgIpc) is 2.80. The zero-order chi connectivity index (χ0) is 23.0. The number of aryl methyl sites for hydroxylation is 2. The van der Waals surface area contributed by atoms with E-state index in [1.54, 1.807) is 17.9 Å². The van der Waals surface area contributed by atoms with Gasteiger partial charge in [-0.05, 0) is 31.6 Å². The second-order valence-corrected chi connectivity index (χ2v) is 7.61. The maximum Gasteiger partial charge on any atom is 0.284 e. The Morgan fingerprint density at radius 3 is 2.53 bits per heavy atom. The van der Waals surface area contributed by atoms with Crippen LogP contribution in [0.2, 0.25) is 0 Å². The molecule has 1 aliphatic rings. The number of nitrogen functional groups attached to an aromatic ring is 1. The SMILES string of the molecule is C=CC(=O)N1CCN(c2ncnc3c(=O)n(-c4c(C)ccc(N)c4C=[NH2+])c(C)nc23)CC1. The molecule has 3 aromatic rings. The fourth-order valence-corrected chi connectivity index (χ4v) is 4.06. The number of piperazine rings is 1. The maximum absolute atomic E-state index is 13.6. The number of anilines is 2. The lowest BCUT2D eigenvalue weighted by atomic mass is 10.1. The lowest BCUT2D eigenvalue weighted by Crippen LogP contribution is -2.48. The number of hydrogen-bond donors (Lipinski definition) is 2. The van der Waals surface area contributed by atoms with Gasteiger partial charge < -0.3 is 15.5 Å². The number of fused-ring (bicyclic) bond motifs is 1. The Morgan fingerprint density at radius 2 is 1.88 bits per heavy atom. The zero-order valence-electron chi connectivity index (χ0n) is 18.1. The summed E-state index contributed by atoms with van der Waals surface area (Å²) in [5.74, 6) is 0.942. The van der Waals surface area contributed by atoms with Crippen LogP contribution in [0.4, 0.5) is 11.5 Å². The molecule has 4 N–H and O–H groups in total. The smallest absolute Gasteiger partial charge is 0.284 e. The van der Waals surface area contributed by atoms with Crippen LogP contribution in [-0.4, -0.2) is 62.7 Å². The highest BCUT2D eigenvalue weighted by Crippen LogP contribution is 2.25. The molecule has 0 spiro atoms. The number of aromatic nitrogens is 4. The van der Waals surface area contributed by atoms with E-state index in [4.69, 9.17) is 16.1 Å². The molecule has 1 saturated heterocycles. The van der Waals surface area contributed by atoms with Gasteiger partial charge in [0.15, 0.2) is 17.5 Å². The minimum atomic E-state index is -0.326. The van der Waals surface area contributed by atoms with Gasteiger partial charge in [0.1, 0.15) is 17.7 Å². The fourth-order valence-electron chi connectivity index (χ4n) is 4.06. The lowest BCUT2D eigenvalue weighted by Gasteiger charge is -2.35. The molecule has 4 rings (SSSR count). The van der Waals surface area contributed by atoms with Crippen molar-refractivity contribution >= 4 is 34.7 Å². The molecule has 1 fully saturated rings. The Morgan fingerprint density at radius 1 is 1.16 bits per heavy atom. The fraction of sp³-hybridized carbons (Fsp3) is 0.273. The van der Waals surface area contributed by atoms with Crippen molar-refractivity contribution in [3.05, 3.63) is 58.4 Å². The van der Waals surface area contributed by atoms with E-state index in [-0.39, 0.29) is 17.0 Å². The first-order chi connectivity index (χ1) is 15.4. The quantitative estimate of drug-likeness (QED) is 0.318. The number of carbonyl (C=O) groups is 1. The summed E-state index contributed by atoms with van der Waals surface area (Å²) in [5.41, 5.74) is 8.85. The molecule has 1 amide bonds. The summed E-state index contributed by atoms with van der Waals surface area (Å²) in [7, 11) is 0. The molecule has 0 saturated carbocycles. The lowest BCUT2D eigenvalue weighted by molar-refractivity contribution is -0.126. The van der Waals surface area contributed by atoms with Gasteiger partial charge in [0.2, 0.25) is 5.91 Å². The zero-order valence-corrected chi connectivity index (χ0v) is 18.1. The summed E-state index contributed by atoms with van der Waals surface area (Å²) in [4.78, 5) is 42.5. The molecule has 10 heteroatoms. The first-order valence-electron chi connectivity index (χ1n) is 10.2. The summed E-state index contributed by atoms with van der Waals surface area (Å²) in [6, 6.07) is 3.59. The Balaban J connectivity index is 1.84. The number of hydrogen-bond acceptors (Lipinski definition) is 7. The summed E-state index contributed by atoms with van der Waals surface area (Å²) in [6.07, 6.45) is 4.07. The number of nitrogens with zero attached hydrogens (tertiary/aromatic N) is 6. The van der Waals surface area contributed by atoms with Gasteiger partial charge in [-0.3, -0.25) is 19.6 Å². The second kappa shape index (κ2) is 8.22. The predicted molar refractivity (Wildman–Crippen MR) is 123 cm³/mol. The number of rotatable bonds is 4. The van der Waals surface area contributed by atoms with Crippen LogP contribution in [0.5, 0.6) is 0 Å². The molecule has 3 heterocycles. The number of nitrogens with two attached hydrogens (primary N) is 2. The standard InChI is InChI=1S/C22H24N8O2/c1-4-17(31)28-7-9-29(10-8-28)21-18-19(25-12-26-21)22(32)30(14(3)27-18)20-13(2)5-6-16(24)15(20)11-23/h4-6,11-12,23H,1,7-10,24H2,2-3H3/p+1. The van der Waals surface area contributed by atoms with Crippen molar-refractivity contribution in [2.24, 2.45) is 0 Å². The van der Waals surface area contributed by atoms with Gasteiger partial charge >= 0.3 is 0 Å². The third kappa shape index (κ3) is 3.39. The molecule has 1 aromatic carbocycles. The van der Waals surface area contributed by atoms with Gasteiger partial charge in [0.25, 0.3) is 5.56 Å². The summed E-state index contributed by atoms with van der Waals surface area (Å²) in [5, 5.41) is 5.83. The highest BCUT2D eigenvalue weighted by molar-refractivity contribution is 5.91. The average molecular weight is 433 g/mol. The third-order valence-corrected chi connectivity index (χ3v) is 5.71. The molecule has 10 nitrogen and oxygen atoms in total. The van der Waals surface area contributed by atoms with Crippen LogP contribution in [0, 0.1) is 13.8 Å². The van der Waals surface area contributed by atoms with Crippen molar-refractivity contribution in [3.63, 3.8) is 0 Å². The minimum absolute atomic E-state index is 0.0981. The van der Waals surface area contributed by atoms with E-state index in [2.05, 4.69) is 16.5 Å². The predicted octanol–water partition coefficient (Wildman–Crippen LogP) is -0.613. The van der Waals surface area contributed by atoms with E-state index in [1.165, 1.54) is 23.2 Å². The molecule has 0 bridgehead atoms. The molecule has 0 radical (unpaired) electrons. The summed E-state index contributed by atoms with van der Waals surface area (Å²) < 4.78 is 1.49. The largest absolute Gasteiger partial charge is 0.398 e. The molecule has 1 aliphatic heterocycles. The first-order valence-corrected chi connectivity index (χ1v) is 10.2. The van der Waals surface area contributed by atoms with E-state index in [0.29, 0.717) is 60.3 Å². The molecule has 0 atom stereocenters. The van der Waals surface area contributed by atoms with Crippen LogP contribution in [-0.2, 0) is 4.79 Å². The van der Waals surface area contributed by atoms with Crippen LogP contribution >= 0.6 is 0 Å². The van der Waals surface area contributed by atoms with Crippen LogP contribution in [0.15, 0.2) is 35.9 Å². The van der Waals surface area contributed by atoms with Crippen LogP contribution < -0.4 is 21.6 Å². The van der Waals surface area contributed by atoms with Crippen molar-refractivity contribution < 1.29 is 10.2 Å². The number of benzene rings is 1. The molecule has 0 aliphatic carbocycles. The molecular formula is C22H25N8O2+. The van der Waals surface area contributed by atoms with Crippen molar-refractivity contribution in [3.8, 4) is 5.69 Å². The monoisotopic (exact) mass is 433 g/mol. The van der Waals surface area contributed by atoms with Crippen LogP contribution in [0.3, 0.4) is 0 Å². The van der Waals surface area contributed by atoms with Crippen molar-refractivity contribution in [2.45, 2.75) is 13.8 Å². The molecule has 32 heavy (non-hydrogen) atoms. The molecule has 0 unspecified atom stereocenters. The third-order valence-electron chi connectivity index (χ3n) is 5.71. The maximum atomic E-state index is 13.6. The second-order valence-electron chi connectivity index (χ2n) is 7.61. The molecule has 2 aromatic heterocycles. The van der Waals surface area contributed by atoms with Crippen LogP contribution in [0.25, 0.3) is 16.7 Å². The topological polar surface area (TPSA) is 136 Å². The van der Waals surface area contributed by atoms with E-state index < -0.39 is 0 Å². The van der Waals surface area contributed by atoms with Gasteiger partial charge in [-0.15, -0.1) is 0 Å². The van der Waals surface area contributed by atoms with E-state index in [1.807, 2.05) is 17.9 Å². The van der Waals surface area contributed by atoms with Crippen molar-refractivity contribution in [1.82, 2.24) is 24.4 Å². The normalized spacial score (nSPS) is 13.9. The Kier molecular flexibility index (Phi) is 5.43. The van der Waals surface area contributed by atoms with E-state index in [0.717, 1.165) is 5.56 Å². The van der Waals surface area contributed by atoms with Gasteiger partial charge in [-0.2, -0.15) is 0 Å². The van der Waals surface area contributed by atoms with Crippen molar-refractivity contribution in [1.29, 1.82) is 0 Å². The van der Waals surface area contributed by atoms with Crippen molar-refractivity contribution in [2.75, 3.05) is 36.8 Å². The highest BCUT2D eigenvalue weighted by Gasteiger charge is 2.25. The first kappa shape index (κ1) is 21.2. The Labute approximate surface area is 184 Å². The summed E-state index contributed by atoms with van der Waals surface area (Å²) >= 11 is 0. The Bertz CT molecular complexity index is 1310. The van der Waals surface area contributed by atoms with E-state index in [9.17, 15) is 9.59 Å². The number of carbonyl (C=O) groups excluding carboxylic acids is 1. The van der Waals surface area contributed by atoms with E-state index >= 15 is 0 Å².